The van der Waals surface area contributed by atoms with Gasteiger partial charge in [-0.05, 0) is 59.2 Å². The zero-order valence-corrected chi connectivity index (χ0v) is 21.8. The first-order valence-electron chi connectivity index (χ1n) is 12.4. The summed E-state index contributed by atoms with van der Waals surface area (Å²) in [5.41, 5.74) is 2.81. The summed E-state index contributed by atoms with van der Waals surface area (Å²) in [5, 5.41) is 25.6. The van der Waals surface area contributed by atoms with E-state index in [0.717, 1.165) is 22.6 Å². The third kappa shape index (κ3) is 7.11. The first-order chi connectivity index (χ1) is 17.1. The van der Waals surface area contributed by atoms with Gasteiger partial charge in [-0.25, -0.2) is 4.79 Å². The van der Waals surface area contributed by atoms with Gasteiger partial charge in [-0.3, -0.25) is 4.68 Å². The van der Waals surface area contributed by atoms with Crippen LogP contribution in [0.2, 0.25) is 0 Å². The van der Waals surface area contributed by atoms with Crippen LogP contribution in [0.4, 0.5) is 4.79 Å². The molecule has 10 heteroatoms. The van der Waals surface area contributed by atoms with Crippen LogP contribution in [0.15, 0.2) is 24.3 Å². The molecule has 1 aliphatic heterocycles. The number of carbonyl (C=O) groups is 1. The van der Waals surface area contributed by atoms with Gasteiger partial charge in [-0.2, -0.15) is 0 Å². The maximum absolute atomic E-state index is 11.5. The summed E-state index contributed by atoms with van der Waals surface area (Å²) in [6, 6.07) is 7.92. The topological polar surface area (TPSA) is 122 Å². The molecule has 1 aromatic carbocycles. The molecule has 1 aromatic heterocycles. The van der Waals surface area contributed by atoms with E-state index >= 15 is 0 Å². The van der Waals surface area contributed by atoms with Crippen LogP contribution in [-0.4, -0.2) is 70.1 Å². The number of ether oxygens (including phenoxy) is 5. The maximum atomic E-state index is 11.5. The second kappa shape index (κ2) is 12.4. The van der Waals surface area contributed by atoms with Gasteiger partial charge in [0, 0.05) is 30.1 Å². The van der Waals surface area contributed by atoms with E-state index in [1.165, 1.54) is 0 Å². The molecule has 2 aromatic rings. The summed E-state index contributed by atoms with van der Waals surface area (Å²) in [5.74, 6) is 1.11. The molecule has 2 N–H and O–H groups in total. The molecule has 0 radical (unpaired) electrons. The Morgan fingerprint density at radius 3 is 2.47 bits per heavy atom. The highest BCUT2D eigenvalue weighted by atomic mass is 16.7. The number of benzene rings is 1. The van der Waals surface area contributed by atoms with Crippen molar-refractivity contribution >= 4 is 6.16 Å². The number of nitrogens with zero attached hydrogens (tertiary/aromatic N) is 2. The average molecular weight is 507 g/mol. The van der Waals surface area contributed by atoms with E-state index in [1.54, 1.807) is 6.92 Å². The van der Waals surface area contributed by atoms with E-state index in [1.807, 2.05) is 63.6 Å². The largest absolute Gasteiger partial charge is 0.508 e. The third-order valence-corrected chi connectivity index (χ3v) is 5.78. The monoisotopic (exact) mass is 506 g/mol. The molecule has 0 saturated carbocycles. The Balaban J connectivity index is 1.79. The molecule has 0 amide bonds. The van der Waals surface area contributed by atoms with Crippen molar-refractivity contribution in [3.05, 3.63) is 41.1 Å². The van der Waals surface area contributed by atoms with Crippen LogP contribution in [0.5, 0.6) is 11.6 Å². The second-order valence-corrected chi connectivity index (χ2v) is 9.43. The van der Waals surface area contributed by atoms with E-state index < -0.39 is 30.8 Å². The fourth-order valence-electron chi connectivity index (χ4n) is 4.04. The average Bonchev–Trinajstić information content (AvgIpc) is 3.12. The summed E-state index contributed by atoms with van der Waals surface area (Å²) in [6.07, 6.45) is -4.40. The molecule has 0 aliphatic carbocycles. The number of rotatable bonds is 10. The van der Waals surface area contributed by atoms with Crippen molar-refractivity contribution < 1.29 is 38.7 Å². The van der Waals surface area contributed by atoms with Crippen LogP contribution in [0.25, 0.3) is 0 Å². The summed E-state index contributed by atoms with van der Waals surface area (Å²) in [7, 11) is 0. The van der Waals surface area contributed by atoms with E-state index in [0.29, 0.717) is 12.3 Å². The zero-order valence-electron chi connectivity index (χ0n) is 21.8. The number of aromatic nitrogens is 2. The predicted molar refractivity (Wildman–Crippen MR) is 131 cm³/mol. The number of hydrogen-bond acceptors (Lipinski definition) is 9. The molecule has 1 aliphatic rings. The van der Waals surface area contributed by atoms with E-state index in [-0.39, 0.29) is 31.8 Å². The van der Waals surface area contributed by atoms with Gasteiger partial charge in [0.15, 0.2) is 0 Å². The Bertz CT molecular complexity index is 989. The van der Waals surface area contributed by atoms with Crippen molar-refractivity contribution in [2.24, 2.45) is 0 Å². The van der Waals surface area contributed by atoms with Crippen molar-refractivity contribution in [1.82, 2.24) is 9.78 Å². The van der Waals surface area contributed by atoms with Crippen molar-refractivity contribution in [3.8, 4) is 11.6 Å². The minimum absolute atomic E-state index is 0.0800. The van der Waals surface area contributed by atoms with Gasteiger partial charge in [0.2, 0.25) is 12.2 Å². The second-order valence-electron chi connectivity index (χ2n) is 9.43. The van der Waals surface area contributed by atoms with Gasteiger partial charge in [-0.1, -0.05) is 12.1 Å². The Kier molecular flexibility index (Phi) is 9.58. The molecule has 0 unspecified atom stereocenters. The fourth-order valence-corrected chi connectivity index (χ4v) is 4.04. The minimum Gasteiger partial charge on any atom is -0.491 e. The van der Waals surface area contributed by atoms with Gasteiger partial charge in [0.25, 0.3) is 0 Å². The van der Waals surface area contributed by atoms with Crippen LogP contribution < -0.4 is 9.47 Å². The van der Waals surface area contributed by atoms with Crippen LogP contribution >= 0.6 is 0 Å². The molecule has 4 atom stereocenters. The molecule has 36 heavy (non-hydrogen) atoms. The predicted octanol–water partition coefficient (Wildman–Crippen LogP) is 3.54. The molecule has 1 saturated heterocycles. The van der Waals surface area contributed by atoms with E-state index in [9.17, 15) is 15.0 Å². The first kappa shape index (κ1) is 27.8. The van der Waals surface area contributed by atoms with Crippen LogP contribution in [0.3, 0.4) is 0 Å². The normalized spacial score (nSPS) is 22.1. The highest BCUT2D eigenvalue weighted by Gasteiger charge is 2.40. The minimum atomic E-state index is -1.30. The van der Waals surface area contributed by atoms with E-state index in [2.05, 4.69) is 5.10 Å². The first-order valence-corrected chi connectivity index (χ1v) is 12.4. The molecule has 0 spiro atoms. The number of aliphatic hydroxyl groups excluding tert-OH is 2. The standard InChI is InChI=1S/C26H38N2O8/c1-7-32-26(31)33-14-20-13-22(29)23(30)25(35-20)36-24-21(17(6)28(27-24)15(2)3)12-18-8-10-19(11-9-18)34-16(4)5/h8-11,15-16,20,22-23,25,29-30H,7,12-14H2,1-6H3/t20-,22-,23+,25-/m0/s1. The smallest absolute Gasteiger partial charge is 0.491 e. The molecule has 2 heterocycles. The molecule has 10 nitrogen and oxygen atoms in total. The van der Waals surface area contributed by atoms with Gasteiger partial charge in [-0.15, -0.1) is 5.10 Å². The molecular weight excluding hydrogens is 468 g/mol. The van der Waals surface area contributed by atoms with Crippen molar-refractivity contribution in [3.63, 3.8) is 0 Å². The highest BCUT2D eigenvalue weighted by molar-refractivity contribution is 5.59. The van der Waals surface area contributed by atoms with Crippen LogP contribution in [0.1, 0.15) is 63.9 Å². The Morgan fingerprint density at radius 2 is 1.86 bits per heavy atom. The SMILES string of the molecule is CCOC(=O)OC[C@@H]1C[C@H](O)[C@@H](O)[C@H](Oc2nn(C(C)C)c(C)c2Cc2ccc(OC(C)C)cc2)O1. The van der Waals surface area contributed by atoms with Gasteiger partial charge < -0.3 is 33.9 Å². The van der Waals surface area contributed by atoms with E-state index in [4.69, 9.17) is 23.7 Å². The maximum Gasteiger partial charge on any atom is 0.508 e. The number of hydrogen-bond donors (Lipinski definition) is 2. The molecular formula is C26H38N2O8. The van der Waals surface area contributed by atoms with Crippen LogP contribution in [0, 0.1) is 6.92 Å². The summed E-state index contributed by atoms with van der Waals surface area (Å²) in [6.45, 7) is 11.7. The van der Waals surface area contributed by atoms with Crippen molar-refractivity contribution in [2.45, 2.75) is 91.1 Å². The lowest BCUT2D eigenvalue weighted by Crippen LogP contribution is -2.52. The van der Waals surface area contributed by atoms with Gasteiger partial charge in [0.1, 0.15) is 18.5 Å². The van der Waals surface area contributed by atoms with Crippen molar-refractivity contribution in [2.75, 3.05) is 13.2 Å². The number of carbonyl (C=O) groups excluding carboxylic acids is 1. The highest BCUT2D eigenvalue weighted by Crippen LogP contribution is 2.31. The molecule has 0 bridgehead atoms. The summed E-state index contributed by atoms with van der Waals surface area (Å²) in [4.78, 5) is 11.5. The Morgan fingerprint density at radius 1 is 1.17 bits per heavy atom. The Labute approximate surface area is 212 Å². The fraction of sp³-hybridized carbons (Fsp3) is 0.615. The van der Waals surface area contributed by atoms with Gasteiger partial charge in [0.05, 0.1) is 24.9 Å². The van der Waals surface area contributed by atoms with Crippen LogP contribution in [-0.2, 0) is 20.6 Å². The third-order valence-electron chi connectivity index (χ3n) is 5.78. The lowest BCUT2D eigenvalue weighted by Gasteiger charge is -2.36. The lowest BCUT2D eigenvalue weighted by atomic mass is 10.0. The van der Waals surface area contributed by atoms with Crippen molar-refractivity contribution in [1.29, 1.82) is 0 Å². The quantitative estimate of drug-likeness (QED) is 0.466. The summed E-state index contributed by atoms with van der Waals surface area (Å²) >= 11 is 0. The summed E-state index contributed by atoms with van der Waals surface area (Å²) < 4.78 is 29.3. The van der Waals surface area contributed by atoms with Gasteiger partial charge >= 0.3 is 6.16 Å². The molecule has 3 rings (SSSR count). The lowest BCUT2D eigenvalue weighted by molar-refractivity contribution is -0.242. The number of aliphatic hydroxyl groups is 2. The Hall–Kier alpha value is -2.82. The zero-order chi connectivity index (χ0) is 26.4. The molecule has 200 valence electrons. The molecule has 1 fully saturated rings.